The number of ether oxygens (including phenoxy) is 1. The summed E-state index contributed by atoms with van der Waals surface area (Å²) < 4.78 is 6.30. The van der Waals surface area contributed by atoms with Crippen molar-refractivity contribution in [3.8, 4) is 5.75 Å². The van der Waals surface area contributed by atoms with Crippen molar-refractivity contribution < 1.29 is 4.74 Å². The Labute approximate surface area is 192 Å². The van der Waals surface area contributed by atoms with Gasteiger partial charge in [0.2, 0.25) is 5.88 Å². The van der Waals surface area contributed by atoms with E-state index >= 15 is 0 Å². The molecule has 1 aliphatic heterocycles. The second-order valence-electron chi connectivity index (χ2n) is 8.98. The Balaban J connectivity index is 1.77. The van der Waals surface area contributed by atoms with Gasteiger partial charge in [0, 0.05) is 18.0 Å². The van der Waals surface area contributed by atoms with E-state index in [1.165, 1.54) is 22.3 Å². The van der Waals surface area contributed by atoms with Gasteiger partial charge in [-0.25, -0.2) is 0 Å². The number of hydrogen-bond donors (Lipinski definition) is 0. The molecule has 0 N–H and O–H groups in total. The van der Waals surface area contributed by atoms with Crippen LogP contribution in [0.3, 0.4) is 0 Å². The average Bonchev–Trinajstić information content (AvgIpc) is 3.13. The normalized spacial score (nSPS) is 15.9. The molecule has 4 rings (SSSR count). The van der Waals surface area contributed by atoms with E-state index in [0.29, 0.717) is 0 Å². The quantitative estimate of drug-likeness (QED) is 0.390. The standard InChI is InChI=1S/C30H33NO/c1-6-19-31-27-17-11-12-18-28(27)32-29(31)20-24(4)30(5,26-16-10-8-14-23(26)3)21-25-15-9-7-13-22(25)2/h7-18,20H,4,6,19,21H2,1-3,5H3/b29-20-. The fraction of sp³-hybridized carbons (Fsp3) is 0.267. The zero-order valence-corrected chi connectivity index (χ0v) is 19.7. The van der Waals surface area contributed by atoms with Crippen molar-refractivity contribution in [2.24, 2.45) is 0 Å². The molecule has 0 amide bonds. The lowest BCUT2D eigenvalue weighted by molar-refractivity contribution is 0.434. The van der Waals surface area contributed by atoms with Crippen LogP contribution < -0.4 is 9.64 Å². The molecule has 3 aromatic carbocycles. The van der Waals surface area contributed by atoms with E-state index in [2.05, 4.69) is 106 Å². The van der Waals surface area contributed by atoms with E-state index in [1.54, 1.807) is 0 Å². The summed E-state index contributed by atoms with van der Waals surface area (Å²) in [5, 5.41) is 0. The molecule has 0 saturated carbocycles. The molecule has 0 bridgehead atoms. The van der Waals surface area contributed by atoms with Crippen LogP contribution >= 0.6 is 0 Å². The SMILES string of the molecule is C=C(/C=C1\Oc2ccccc2N1CCC)C(C)(Cc1ccccc1C)c1ccccc1C. The highest BCUT2D eigenvalue weighted by atomic mass is 16.5. The Morgan fingerprint density at radius 2 is 1.59 bits per heavy atom. The minimum Gasteiger partial charge on any atom is -0.439 e. The Kier molecular flexibility index (Phi) is 6.23. The van der Waals surface area contributed by atoms with E-state index in [9.17, 15) is 0 Å². The van der Waals surface area contributed by atoms with Crippen LogP contribution in [-0.4, -0.2) is 6.54 Å². The third kappa shape index (κ3) is 4.10. The van der Waals surface area contributed by atoms with Gasteiger partial charge >= 0.3 is 0 Å². The summed E-state index contributed by atoms with van der Waals surface area (Å²) in [7, 11) is 0. The van der Waals surface area contributed by atoms with E-state index in [0.717, 1.165) is 42.3 Å². The largest absolute Gasteiger partial charge is 0.439 e. The first kappa shape index (κ1) is 22.0. The second kappa shape index (κ2) is 9.08. The zero-order valence-electron chi connectivity index (χ0n) is 19.7. The molecular formula is C30H33NO. The van der Waals surface area contributed by atoms with Crippen LogP contribution in [0.25, 0.3) is 0 Å². The highest BCUT2D eigenvalue weighted by Gasteiger charge is 2.33. The summed E-state index contributed by atoms with van der Waals surface area (Å²) in [4.78, 5) is 2.27. The molecule has 3 aromatic rings. The lowest BCUT2D eigenvalue weighted by atomic mass is 9.70. The number of rotatable bonds is 7. The van der Waals surface area contributed by atoms with Crippen LogP contribution in [0.1, 0.15) is 42.5 Å². The van der Waals surface area contributed by atoms with Gasteiger partial charge in [-0.05, 0) is 66.6 Å². The first-order valence-electron chi connectivity index (χ1n) is 11.5. The van der Waals surface area contributed by atoms with E-state index in [-0.39, 0.29) is 5.41 Å². The van der Waals surface area contributed by atoms with Crippen molar-refractivity contribution in [2.45, 2.75) is 46.0 Å². The van der Waals surface area contributed by atoms with Crippen LogP contribution in [0, 0.1) is 13.8 Å². The average molecular weight is 424 g/mol. The molecule has 0 aliphatic carbocycles. The predicted octanol–water partition coefficient (Wildman–Crippen LogP) is 7.51. The van der Waals surface area contributed by atoms with Gasteiger partial charge in [-0.3, -0.25) is 0 Å². The van der Waals surface area contributed by atoms with Gasteiger partial charge in [0.15, 0.2) is 5.75 Å². The lowest BCUT2D eigenvalue weighted by Crippen LogP contribution is -2.29. The number of fused-ring (bicyclic) bond motifs is 1. The van der Waals surface area contributed by atoms with Crippen LogP contribution in [0.4, 0.5) is 5.69 Å². The molecule has 2 nitrogen and oxygen atoms in total. The van der Waals surface area contributed by atoms with Crippen molar-refractivity contribution in [3.05, 3.63) is 119 Å². The molecule has 0 radical (unpaired) electrons. The van der Waals surface area contributed by atoms with Gasteiger partial charge in [-0.2, -0.15) is 0 Å². The van der Waals surface area contributed by atoms with Crippen LogP contribution in [0.15, 0.2) is 96.9 Å². The van der Waals surface area contributed by atoms with Gasteiger partial charge in [-0.15, -0.1) is 0 Å². The molecule has 0 saturated heterocycles. The van der Waals surface area contributed by atoms with Crippen molar-refractivity contribution in [2.75, 3.05) is 11.4 Å². The third-order valence-electron chi connectivity index (χ3n) is 6.64. The molecule has 0 spiro atoms. The van der Waals surface area contributed by atoms with Gasteiger partial charge in [0.1, 0.15) is 0 Å². The minimum atomic E-state index is -0.263. The number of anilines is 1. The topological polar surface area (TPSA) is 12.5 Å². The maximum atomic E-state index is 6.30. The molecule has 0 fully saturated rings. The predicted molar refractivity (Wildman–Crippen MR) is 135 cm³/mol. The van der Waals surface area contributed by atoms with Crippen molar-refractivity contribution in [1.82, 2.24) is 0 Å². The second-order valence-corrected chi connectivity index (χ2v) is 8.98. The minimum absolute atomic E-state index is 0.263. The fourth-order valence-electron chi connectivity index (χ4n) is 4.69. The summed E-state index contributed by atoms with van der Waals surface area (Å²) in [6.07, 6.45) is 4.08. The maximum absolute atomic E-state index is 6.30. The Morgan fingerprint density at radius 1 is 0.938 bits per heavy atom. The number of nitrogens with zero attached hydrogens (tertiary/aromatic N) is 1. The first-order chi connectivity index (χ1) is 15.4. The summed E-state index contributed by atoms with van der Waals surface area (Å²) >= 11 is 0. The summed E-state index contributed by atoms with van der Waals surface area (Å²) in [6, 6.07) is 25.6. The molecule has 1 heterocycles. The summed E-state index contributed by atoms with van der Waals surface area (Å²) in [5.41, 5.74) is 7.17. The van der Waals surface area contributed by atoms with Gasteiger partial charge < -0.3 is 9.64 Å². The van der Waals surface area contributed by atoms with E-state index in [1.807, 2.05) is 12.1 Å². The molecule has 1 unspecified atom stereocenters. The number of benzene rings is 3. The van der Waals surface area contributed by atoms with Crippen LogP contribution in [-0.2, 0) is 11.8 Å². The molecule has 32 heavy (non-hydrogen) atoms. The number of hydrogen-bond acceptors (Lipinski definition) is 2. The Bertz CT molecular complexity index is 1160. The lowest BCUT2D eigenvalue weighted by Gasteiger charge is -2.34. The summed E-state index contributed by atoms with van der Waals surface area (Å²) in [6.45, 7) is 14.4. The summed E-state index contributed by atoms with van der Waals surface area (Å²) in [5.74, 6) is 1.78. The van der Waals surface area contributed by atoms with Gasteiger partial charge in [0.05, 0.1) is 5.69 Å². The smallest absolute Gasteiger partial charge is 0.200 e. The van der Waals surface area contributed by atoms with Crippen molar-refractivity contribution in [1.29, 1.82) is 0 Å². The Morgan fingerprint density at radius 3 is 2.31 bits per heavy atom. The first-order valence-corrected chi connectivity index (χ1v) is 11.5. The molecule has 1 atom stereocenters. The third-order valence-corrected chi connectivity index (χ3v) is 6.64. The van der Waals surface area contributed by atoms with Crippen LogP contribution in [0.2, 0.25) is 0 Å². The van der Waals surface area contributed by atoms with E-state index < -0.39 is 0 Å². The van der Waals surface area contributed by atoms with E-state index in [4.69, 9.17) is 4.74 Å². The van der Waals surface area contributed by atoms with Gasteiger partial charge in [0.25, 0.3) is 0 Å². The fourth-order valence-corrected chi connectivity index (χ4v) is 4.69. The zero-order chi connectivity index (χ0) is 22.7. The van der Waals surface area contributed by atoms with Crippen molar-refractivity contribution >= 4 is 5.69 Å². The highest BCUT2D eigenvalue weighted by Crippen LogP contribution is 2.42. The van der Waals surface area contributed by atoms with Crippen molar-refractivity contribution in [3.63, 3.8) is 0 Å². The number of allylic oxidation sites excluding steroid dienone is 2. The number of aryl methyl sites for hydroxylation is 2. The molecule has 164 valence electrons. The van der Waals surface area contributed by atoms with Crippen LogP contribution in [0.5, 0.6) is 5.75 Å². The monoisotopic (exact) mass is 423 g/mol. The molecule has 2 heteroatoms. The maximum Gasteiger partial charge on any atom is 0.200 e. The molecular weight excluding hydrogens is 390 g/mol. The number of para-hydroxylation sites is 2. The highest BCUT2D eigenvalue weighted by molar-refractivity contribution is 5.67. The molecule has 0 aromatic heterocycles. The van der Waals surface area contributed by atoms with Gasteiger partial charge in [-0.1, -0.05) is 81.1 Å². The Hall–Kier alpha value is -3.26. The molecule has 1 aliphatic rings.